The van der Waals surface area contributed by atoms with Gasteiger partial charge in [-0.1, -0.05) is 37.1 Å². The lowest BCUT2D eigenvalue weighted by molar-refractivity contribution is -0.134. The molecule has 2 aromatic rings. The summed E-state index contributed by atoms with van der Waals surface area (Å²) in [6.07, 6.45) is 4.61. The first-order chi connectivity index (χ1) is 15.5. The van der Waals surface area contributed by atoms with Crippen LogP contribution in [0.1, 0.15) is 73.5 Å². The van der Waals surface area contributed by atoms with Crippen molar-refractivity contribution in [2.45, 2.75) is 70.7 Å². The predicted molar refractivity (Wildman–Crippen MR) is 123 cm³/mol. The molecule has 1 saturated carbocycles. The molecule has 1 atom stereocenters. The number of ether oxygens (including phenoxy) is 2. The molecule has 1 aliphatic carbocycles. The number of carbonyl (C=O) groups is 2. The van der Waals surface area contributed by atoms with Gasteiger partial charge in [-0.2, -0.15) is 0 Å². The third kappa shape index (κ3) is 4.74. The Morgan fingerprint density at radius 1 is 1.12 bits per heavy atom. The van der Waals surface area contributed by atoms with Gasteiger partial charge in [0, 0.05) is 18.2 Å². The second kappa shape index (κ2) is 9.63. The highest BCUT2D eigenvalue weighted by Crippen LogP contribution is 2.33. The van der Waals surface area contributed by atoms with Gasteiger partial charge >= 0.3 is 0 Å². The molecule has 6 heteroatoms. The quantitative estimate of drug-likeness (QED) is 0.655. The molecule has 2 amide bonds. The van der Waals surface area contributed by atoms with E-state index in [9.17, 15) is 9.59 Å². The molecule has 1 fully saturated rings. The number of rotatable bonds is 8. The fraction of sp³-hybridized carbons (Fsp3) is 0.462. The molecule has 0 aromatic heterocycles. The summed E-state index contributed by atoms with van der Waals surface area (Å²) in [5.41, 5.74) is 2.59. The van der Waals surface area contributed by atoms with E-state index in [1.165, 1.54) is 0 Å². The van der Waals surface area contributed by atoms with Gasteiger partial charge in [0.1, 0.15) is 0 Å². The van der Waals surface area contributed by atoms with Crippen LogP contribution in [0.4, 0.5) is 0 Å². The molecule has 1 N–H and O–H groups in total. The maximum Gasteiger partial charge on any atom is 0.252 e. The summed E-state index contributed by atoms with van der Waals surface area (Å²) in [5.74, 6) is 1.35. The monoisotopic (exact) mass is 436 g/mol. The highest BCUT2D eigenvalue weighted by molar-refractivity contribution is 5.99. The van der Waals surface area contributed by atoms with E-state index in [1.54, 1.807) is 7.11 Å². The van der Waals surface area contributed by atoms with Crippen LogP contribution >= 0.6 is 0 Å². The normalized spacial score (nSPS) is 17.9. The number of amides is 2. The van der Waals surface area contributed by atoms with Gasteiger partial charge in [-0.25, -0.2) is 0 Å². The number of carbonyl (C=O) groups excluding carboxylic acids is 2. The largest absolute Gasteiger partial charge is 0.493 e. The van der Waals surface area contributed by atoms with Crippen LogP contribution in [-0.4, -0.2) is 36.0 Å². The van der Waals surface area contributed by atoms with Gasteiger partial charge in [0.2, 0.25) is 5.91 Å². The third-order valence-corrected chi connectivity index (χ3v) is 6.29. The second-order valence-corrected chi connectivity index (χ2v) is 8.93. The average Bonchev–Trinajstić information content (AvgIpc) is 3.41. The van der Waals surface area contributed by atoms with Gasteiger partial charge in [-0.3, -0.25) is 9.59 Å². The summed E-state index contributed by atoms with van der Waals surface area (Å²) in [5, 5.41) is 2.98. The predicted octanol–water partition coefficient (Wildman–Crippen LogP) is 4.63. The van der Waals surface area contributed by atoms with Crippen molar-refractivity contribution in [3.63, 3.8) is 0 Å². The van der Waals surface area contributed by atoms with Gasteiger partial charge in [-0.15, -0.1) is 0 Å². The Balaban J connectivity index is 1.54. The number of hydrogen-bond donors (Lipinski definition) is 1. The molecule has 0 saturated heterocycles. The zero-order chi connectivity index (χ0) is 22.7. The van der Waals surface area contributed by atoms with Gasteiger partial charge in [-0.05, 0) is 56.0 Å². The minimum Gasteiger partial charge on any atom is -0.493 e. The smallest absolute Gasteiger partial charge is 0.252 e. The molecule has 6 nitrogen and oxygen atoms in total. The van der Waals surface area contributed by atoms with Gasteiger partial charge in [0.15, 0.2) is 11.5 Å². The summed E-state index contributed by atoms with van der Waals surface area (Å²) in [6, 6.07) is 13.3. The second-order valence-electron chi connectivity index (χ2n) is 8.93. The minimum atomic E-state index is -0.272. The maximum absolute atomic E-state index is 13.5. The Morgan fingerprint density at radius 3 is 2.59 bits per heavy atom. The Morgan fingerprint density at radius 2 is 1.88 bits per heavy atom. The van der Waals surface area contributed by atoms with E-state index in [-0.39, 0.29) is 36.4 Å². The van der Waals surface area contributed by atoms with Crippen molar-refractivity contribution in [2.24, 2.45) is 0 Å². The van der Waals surface area contributed by atoms with Crippen LogP contribution in [0, 0.1) is 0 Å². The number of benzene rings is 2. The van der Waals surface area contributed by atoms with Gasteiger partial charge < -0.3 is 19.7 Å². The van der Waals surface area contributed by atoms with E-state index in [0.717, 1.165) is 36.8 Å². The lowest BCUT2D eigenvalue weighted by Gasteiger charge is -2.30. The zero-order valence-corrected chi connectivity index (χ0v) is 19.1. The number of nitrogens with one attached hydrogen (secondary N) is 1. The van der Waals surface area contributed by atoms with E-state index in [1.807, 2.05) is 61.2 Å². The highest BCUT2D eigenvalue weighted by Gasteiger charge is 2.33. The number of methoxy groups -OCH3 is 1. The third-order valence-electron chi connectivity index (χ3n) is 6.29. The van der Waals surface area contributed by atoms with Gasteiger partial charge in [0.05, 0.1) is 25.7 Å². The summed E-state index contributed by atoms with van der Waals surface area (Å²) >= 11 is 0. The Hall–Kier alpha value is -3.02. The van der Waals surface area contributed by atoms with Crippen molar-refractivity contribution in [2.75, 3.05) is 7.11 Å². The molecule has 2 aliphatic rings. The molecular weight excluding hydrogens is 404 g/mol. The minimum absolute atomic E-state index is 0.0257. The Bertz CT molecular complexity index is 982. The van der Waals surface area contributed by atoms with Crippen molar-refractivity contribution in [1.82, 2.24) is 10.2 Å². The summed E-state index contributed by atoms with van der Waals surface area (Å²) in [4.78, 5) is 27.8. The molecule has 0 bridgehead atoms. The van der Waals surface area contributed by atoms with E-state index in [2.05, 4.69) is 5.32 Å². The lowest BCUT2D eigenvalue weighted by Crippen LogP contribution is -2.39. The van der Waals surface area contributed by atoms with E-state index >= 15 is 0 Å². The molecule has 1 heterocycles. The summed E-state index contributed by atoms with van der Waals surface area (Å²) in [7, 11) is 1.63. The topological polar surface area (TPSA) is 67.9 Å². The number of nitrogens with zero attached hydrogens (tertiary/aromatic N) is 1. The zero-order valence-electron chi connectivity index (χ0n) is 19.1. The van der Waals surface area contributed by atoms with Crippen molar-refractivity contribution in [1.29, 1.82) is 0 Å². The first-order valence-corrected chi connectivity index (χ1v) is 11.5. The highest BCUT2D eigenvalue weighted by atomic mass is 16.5. The molecule has 1 aliphatic heterocycles. The van der Waals surface area contributed by atoms with E-state index in [0.29, 0.717) is 23.6 Å². The van der Waals surface area contributed by atoms with Crippen molar-refractivity contribution < 1.29 is 19.1 Å². The van der Waals surface area contributed by atoms with Crippen molar-refractivity contribution >= 4 is 11.8 Å². The molecule has 170 valence electrons. The molecule has 4 rings (SSSR count). The first kappa shape index (κ1) is 22.2. The summed E-state index contributed by atoms with van der Waals surface area (Å²) in [6.45, 7) is 4.48. The maximum atomic E-state index is 13.5. The Kier molecular flexibility index (Phi) is 6.68. The average molecular weight is 437 g/mol. The molecule has 2 aromatic carbocycles. The van der Waals surface area contributed by atoms with Crippen LogP contribution < -0.4 is 14.8 Å². The van der Waals surface area contributed by atoms with Crippen LogP contribution in [0.25, 0.3) is 0 Å². The molecule has 32 heavy (non-hydrogen) atoms. The number of hydrogen-bond acceptors (Lipinski definition) is 4. The summed E-state index contributed by atoms with van der Waals surface area (Å²) < 4.78 is 11.4. The SMILES string of the molecule is COc1ccc(CN(C(=O)CC2NC(=O)c3ccccc32)C2CCCC2)cc1OC(C)C. The fourth-order valence-corrected chi connectivity index (χ4v) is 4.77. The molecule has 1 unspecified atom stereocenters. The van der Waals surface area contributed by atoms with Crippen LogP contribution in [0.2, 0.25) is 0 Å². The number of fused-ring (bicyclic) bond motifs is 1. The standard InChI is InChI=1S/C26H32N2O4/c1-17(2)32-24-14-18(12-13-23(24)31-3)16-28(19-8-4-5-9-19)25(29)15-22-20-10-6-7-11-21(20)26(30)27-22/h6-7,10-14,17,19,22H,4-5,8-9,15-16H2,1-3H3,(H,27,30). The van der Waals surface area contributed by atoms with Crippen LogP contribution in [0.5, 0.6) is 11.5 Å². The van der Waals surface area contributed by atoms with E-state index in [4.69, 9.17) is 9.47 Å². The van der Waals surface area contributed by atoms with Crippen molar-refractivity contribution in [3.8, 4) is 11.5 Å². The van der Waals surface area contributed by atoms with E-state index < -0.39 is 0 Å². The molecule has 0 spiro atoms. The van der Waals surface area contributed by atoms with Crippen molar-refractivity contribution in [3.05, 3.63) is 59.2 Å². The van der Waals surface area contributed by atoms with Crippen LogP contribution in [-0.2, 0) is 11.3 Å². The first-order valence-electron chi connectivity index (χ1n) is 11.5. The Labute approximate surface area is 189 Å². The van der Waals surface area contributed by atoms with Crippen LogP contribution in [0.3, 0.4) is 0 Å². The lowest BCUT2D eigenvalue weighted by atomic mass is 10.0. The molecule has 0 radical (unpaired) electrons. The fourth-order valence-electron chi connectivity index (χ4n) is 4.77. The van der Waals surface area contributed by atoms with Gasteiger partial charge in [0.25, 0.3) is 5.91 Å². The molecular formula is C26H32N2O4. The van der Waals surface area contributed by atoms with Crippen LogP contribution in [0.15, 0.2) is 42.5 Å².